The Bertz CT molecular complexity index is 294. The minimum Gasteiger partial charge on any atom is -0.330 e. The van der Waals surface area contributed by atoms with Crippen LogP contribution in [0.4, 0.5) is 4.79 Å². The Morgan fingerprint density at radius 1 is 1.13 bits per heavy atom. The van der Waals surface area contributed by atoms with Crippen LogP contribution in [0.1, 0.15) is 0 Å². The molecule has 84 valence electrons. The van der Waals surface area contributed by atoms with Crippen molar-refractivity contribution in [2.24, 2.45) is 5.73 Å². The van der Waals surface area contributed by atoms with E-state index < -0.39 is 16.3 Å². The zero-order chi connectivity index (χ0) is 11.9. The van der Waals surface area contributed by atoms with Gasteiger partial charge in [-0.1, -0.05) is 6.07 Å². The van der Waals surface area contributed by atoms with E-state index in [1.165, 1.54) is 4.73 Å². The monoisotopic (exact) mass is 238 g/mol. The predicted octanol–water partition coefficient (Wildman–Crippen LogP) is -5.27. The topological polar surface area (TPSA) is 148 Å². The highest BCUT2D eigenvalue weighted by molar-refractivity contribution is 5.63. The van der Waals surface area contributed by atoms with Gasteiger partial charge in [0.1, 0.15) is 0 Å². The van der Waals surface area contributed by atoms with Crippen LogP contribution in [0, 0.1) is 10.2 Å². The molecule has 1 aromatic heterocycles. The number of rotatable bonds is 1. The fourth-order valence-corrected chi connectivity index (χ4v) is 0.548. The summed E-state index contributed by atoms with van der Waals surface area (Å²) in [5.41, 5.74) is 4.74. The summed E-state index contributed by atoms with van der Waals surface area (Å²) < 4.78 is 35.2. The third-order valence-electron chi connectivity index (χ3n) is 0.884. The first-order valence-corrected chi connectivity index (χ1v) is 4.58. The molecule has 0 fully saturated rings. The number of pyridine rings is 1. The molecule has 0 spiro atoms. The molecular formula is C6H7ClN2O6. The van der Waals surface area contributed by atoms with E-state index in [0.29, 0.717) is 0 Å². The van der Waals surface area contributed by atoms with Crippen LogP contribution in [0.3, 0.4) is 0 Å². The van der Waals surface area contributed by atoms with Crippen molar-refractivity contribution in [3.05, 3.63) is 30.6 Å². The van der Waals surface area contributed by atoms with Crippen molar-refractivity contribution in [2.45, 2.75) is 0 Å². The molecule has 1 rings (SSSR count). The molecule has 1 amide bonds. The Morgan fingerprint density at radius 2 is 1.53 bits per heavy atom. The molecule has 9 heteroatoms. The largest absolute Gasteiger partial charge is 0.473 e. The summed E-state index contributed by atoms with van der Waals surface area (Å²) >= 11 is 0. The highest BCUT2D eigenvalue weighted by Crippen LogP contribution is 1.73. The maximum atomic E-state index is 10.1. The zero-order valence-corrected chi connectivity index (χ0v) is 7.99. The van der Waals surface area contributed by atoms with Crippen LogP contribution in [0.5, 0.6) is 0 Å². The summed E-state index contributed by atoms with van der Waals surface area (Å²) in [7, 11) is -4.94. The molecule has 0 bridgehead atoms. The van der Waals surface area contributed by atoms with Crippen LogP contribution >= 0.6 is 0 Å². The number of hydrogen-bond acceptors (Lipinski definition) is 6. The smallest absolute Gasteiger partial charge is 0.330 e. The summed E-state index contributed by atoms with van der Waals surface area (Å²) in [6.07, 6.45) is 2.33. The number of hydrogen-bond donors (Lipinski definition) is 1. The van der Waals surface area contributed by atoms with Crippen molar-refractivity contribution in [3.8, 4) is 0 Å². The Hall–Kier alpha value is -1.45. The van der Waals surface area contributed by atoms with E-state index in [1.807, 2.05) is 0 Å². The molecule has 0 atom stereocenters. The number of primary amides is 1. The van der Waals surface area contributed by atoms with Gasteiger partial charge in [-0.15, -0.1) is 10.2 Å². The van der Waals surface area contributed by atoms with Gasteiger partial charge in [-0.3, -0.25) is 0 Å². The molecule has 0 saturated heterocycles. The van der Waals surface area contributed by atoms with Gasteiger partial charge in [0, 0.05) is 16.9 Å². The van der Waals surface area contributed by atoms with Crippen molar-refractivity contribution >= 4 is 6.09 Å². The lowest BCUT2D eigenvalue weighted by atomic mass is 10.5. The van der Waals surface area contributed by atoms with E-state index in [-0.39, 0.29) is 0 Å². The molecule has 8 nitrogen and oxygen atoms in total. The second-order valence-electron chi connectivity index (χ2n) is 2.02. The van der Waals surface area contributed by atoms with Crippen LogP contribution in [-0.2, 0) is 0 Å². The molecule has 0 unspecified atom stereocenters. The maximum Gasteiger partial charge on any atom is 0.473 e. The van der Waals surface area contributed by atoms with Crippen LogP contribution in [0.2, 0.25) is 0 Å². The second-order valence-corrected chi connectivity index (χ2v) is 2.78. The highest BCUT2D eigenvalue weighted by Gasteiger charge is 2.01. The number of aromatic nitrogens is 1. The molecule has 1 aromatic rings. The fraction of sp³-hybridized carbons (Fsp3) is 0. The first kappa shape index (κ1) is 13.5. The van der Waals surface area contributed by atoms with Gasteiger partial charge in [0.2, 0.25) is 12.4 Å². The number of carbonyl (C=O) groups is 1. The number of nitrogens with zero attached hydrogens (tertiary/aromatic N) is 1. The first-order chi connectivity index (χ1) is 6.79. The molecule has 0 radical (unpaired) electrons. The minimum atomic E-state index is -4.94. The van der Waals surface area contributed by atoms with Crippen molar-refractivity contribution in [3.63, 3.8) is 0 Å². The Kier molecular flexibility index (Phi) is 5.52. The summed E-state index contributed by atoms with van der Waals surface area (Å²) in [6, 6.07) is 5.26. The van der Waals surface area contributed by atoms with E-state index in [1.54, 1.807) is 30.6 Å². The van der Waals surface area contributed by atoms with E-state index in [2.05, 4.69) is 4.84 Å². The van der Waals surface area contributed by atoms with Gasteiger partial charge in [0.15, 0.2) is 0 Å². The summed E-state index contributed by atoms with van der Waals surface area (Å²) in [5.74, 6) is 0. The lowest BCUT2D eigenvalue weighted by Crippen LogP contribution is -2.68. The van der Waals surface area contributed by atoms with Crippen LogP contribution in [0.15, 0.2) is 30.6 Å². The SMILES string of the molecule is NC(=O)O[n+]1ccccc1.[O-][Cl+3]([O-])([O-])[O-]. The Labute approximate surface area is 86.4 Å². The van der Waals surface area contributed by atoms with E-state index in [0.717, 1.165) is 0 Å². The van der Waals surface area contributed by atoms with E-state index in [9.17, 15) is 4.79 Å². The van der Waals surface area contributed by atoms with Gasteiger partial charge in [-0.2, -0.15) is 4.84 Å². The number of carbonyl (C=O) groups excluding carboxylic acids is 1. The zero-order valence-electron chi connectivity index (χ0n) is 7.24. The van der Waals surface area contributed by atoms with Crippen LogP contribution < -0.4 is 33.9 Å². The van der Waals surface area contributed by atoms with Gasteiger partial charge in [0.25, 0.3) is 0 Å². The molecule has 0 aliphatic heterocycles. The molecular weight excluding hydrogens is 232 g/mol. The second kappa shape index (κ2) is 6.11. The van der Waals surface area contributed by atoms with Crippen molar-refractivity contribution in [2.75, 3.05) is 0 Å². The van der Waals surface area contributed by atoms with Crippen molar-refractivity contribution in [1.29, 1.82) is 0 Å². The minimum absolute atomic E-state index is 0.823. The van der Waals surface area contributed by atoms with Crippen molar-refractivity contribution in [1.82, 2.24) is 0 Å². The lowest BCUT2D eigenvalue weighted by Gasteiger charge is -2.17. The van der Waals surface area contributed by atoms with Gasteiger partial charge < -0.3 is 5.73 Å². The standard InChI is InChI=1S/C6H6N2O2.ClHO4/c7-6(9)10-8-4-2-1-3-5-8;2-1(3,4)5/h1-5H,(H-,7,9);(H,2,3,4,5). The van der Waals surface area contributed by atoms with E-state index in [4.69, 9.17) is 24.4 Å². The fourth-order valence-electron chi connectivity index (χ4n) is 0.548. The highest BCUT2D eigenvalue weighted by atomic mass is 35.7. The molecule has 0 aromatic carbocycles. The predicted molar refractivity (Wildman–Crippen MR) is 32.8 cm³/mol. The Morgan fingerprint density at radius 3 is 1.87 bits per heavy atom. The average molecular weight is 239 g/mol. The molecule has 1 heterocycles. The average Bonchev–Trinajstić information content (AvgIpc) is 2.01. The molecule has 0 aliphatic carbocycles. The molecule has 15 heavy (non-hydrogen) atoms. The summed E-state index contributed by atoms with van der Waals surface area (Å²) in [6.45, 7) is 0. The normalized spacial score (nSPS) is 9.87. The van der Waals surface area contributed by atoms with Gasteiger partial charge in [-0.05, 0) is 0 Å². The Balaban J connectivity index is 0.000000336. The van der Waals surface area contributed by atoms with Crippen molar-refractivity contribution < 1.29 is 43.2 Å². The summed E-state index contributed by atoms with van der Waals surface area (Å²) in [4.78, 5) is 14.6. The lowest BCUT2D eigenvalue weighted by molar-refractivity contribution is -2.00. The molecule has 0 saturated carbocycles. The van der Waals surface area contributed by atoms with Gasteiger partial charge >= 0.3 is 6.09 Å². The molecule has 0 aliphatic rings. The summed E-state index contributed by atoms with van der Waals surface area (Å²) in [5, 5.41) is 0. The third-order valence-corrected chi connectivity index (χ3v) is 0.884. The van der Waals surface area contributed by atoms with Crippen LogP contribution in [0.25, 0.3) is 0 Å². The number of amides is 1. The third kappa shape index (κ3) is 12.5. The number of nitrogens with two attached hydrogens (primary N) is 1. The number of halogens is 1. The van der Waals surface area contributed by atoms with Gasteiger partial charge in [0.05, 0.1) is 0 Å². The first-order valence-electron chi connectivity index (χ1n) is 3.35. The van der Waals surface area contributed by atoms with E-state index >= 15 is 0 Å². The van der Waals surface area contributed by atoms with Gasteiger partial charge in [-0.25, -0.2) is 23.4 Å². The maximum absolute atomic E-state index is 10.1. The quantitative estimate of drug-likeness (QED) is 0.483. The molecule has 2 N–H and O–H groups in total. The van der Waals surface area contributed by atoms with Crippen LogP contribution in [-0.4, -0.2) is 6.09 Å².